The van der Waals surface area contributed by atoms with E-state index in [4.69, 9.17) is 5.26 Å². The quantitative estimate of drug-likeness (QED) is 0.774. The molecule has 2 N–H and O–H groups in total. The van der Waals surface area contributed by atoms with Crippen molar-refractivity contribution >= 4 is 22.5 Å². The number of hydrogen-bond donors (Lipinski definition) is 2. The molecule has 2 aromatic carbocycles. The van der Waals surface area contributed by atoms with Gasteiger partial charge in [-0.3, -0.25) is 4.79 Å². The number of para-hydroxylation sites is 1. The minimum atomic E-state index is -0.0717. The SMILES string of the molecule is Cc1[nH]c2ccccc2c1CC(=O)Nc1ccc(C#N)cc1. The molecule has 0 radical (unpaired) electrons. The number of carbonyl (C=O) groups is 1. The fraction of sp³-hybridized carbons (Fsp3) is 0.111. The van der Waals surface area contributed by atoms with Gasteiger partial charge in [0.05, 0.1) is 18.1 Å². The van der Waals surface area contributed by atoms with Crippen LogP contribution in [0.1, 0.15) is 16.8 Å². The predicted molar refractivity (Wildman–Crippen MR) is 86.5 cm³/mol. The predicted octanol–water partition coefficient (Wildman–Crippen LogP) is 3.53. The Morgan fingerprint density at radius 2 is 1.91 bits per heavy atom. The summed E-state index contributed by atoms with van der Waals surface area (Å²) >= 11 is 0. The van der Waals surface area contributed by atoms with Crippen molar-refractivity contribution in [2.75, 3.05) is 5.32 Å². The van der Waals surface area contributed by atoms with Gasteiger partial charge < -0.3 is 10.3 Å². The van der Waals surface area contributed by atoms with Crippen LogP contribution >= 0.6 is 0 Å². The standard InChI is InChI=1S/C18H15N3O/c1-12-16(15-4-2-3-5-17(15)20-12)10-18(22)21-14-8-6-13(11-19)7-9-14/h2-9,20H,10H2,1H3,(H,21,22). The van der Waals surface area contributed by atoms with Crippen LogP contribution in [0.15, 0.2) is 48.5 Å². The van der Waals surface area contributed by atoms with Crippen molar-refractivity contribution in [1.29, 1.82) is 5.26 Å². The van der Waals surface area contributed by atoms with Crippen LogP contribution in [0.3, 0.4) is 0 Å². The van der Waals surface area contributed by atoms with Crippen LogP contribution in [0.5, 0.6) is 0 Å². The van der Waals surface area contributed by atoms with Crippen LogP contribution in [0, 0.1) is 18.3 Å². The van der Waals surface area contributed by atoms with E-state index >= 15 is 0 Å². The summed E-state index contributed by atoms with van der Waals surface area (Å²) in [4.78, 5) is 15.5. The van der Waals surface area contributed by atoms with E-state index in [1.54, 1.807) is 24.3 Å². The zero-order chi connectivity index (χ0) is 15.5. The third-order valence-electron chi connectivity index (χ3n) is 3.66. The maximum absolute atomic E-state index is 12.2. The number of anilines is 1. The first-order valence-corrected chi connectivity index (χ1v) is 7.03. The van der Waals surface area contributed by atoms with Gasteiger partial charge >= 0.3 is 0 Å². The third kappa shape index (κ3) is 2.70. The number of carbonyl (C=O) groups excluding carboxylic acids is 1. The minimum absolute atomic E-state index is 0.0717. The number of nitrogens with one attached hydrogen (secondary N) is 2. The highest BCUT2D eigenvalue weighted by molar-refractivity contribution is 5.96. The van der Waals surface area contributed by atoms with Crippen molar-refractivity contribution in [3.05, 3.63) is 65.4 Å². The van der Waals surface area contributed by atoms with Gasteiger partial charge in [0.1, 0.15) is 0 Å². The first kappa shape index (κ1) is 13.9. The molecule has 3 aromatic rings. The van der Waals surface area contributed by atoms with Gasteiger partial charge in [-0.1, -0.05) is 18.2 Å². The van der Waals surface area contributed by atoms with Gasteiger partial charge in [0, 0.05) is 22.3 Å². The van der Waals surface area contributed by atoms with Gasteiger partial charge in [0.2, 0.25) is 5.91 Å². The molecule has 1 amide bonds. The number of fused-ring (bicyclic) bond motifs is 1. The summed E-state index contributed by atoms with van der Waals surface area (Å²) < 4.78 is 0. The molecule has 0 fully saturated rings. The molecule has 3 rings (SSSR count). The van der Waals surface area contributed by atoms with E-state index in [0.717, 1.165) is 22.2 Å². The van der Waals surface area contributed by atoms with E-state index in [1.807, 2.05) is 31.2 Å². The van der Waals surface area contributed by atoms with Crippen LogP contribution in [0.4, 0.5) is 5.69 Å². The lowest BCUT2D eigenvalue weighted by atomic mass is 10.1. The number of hydrogen-bond acceptors (Lipinski definition) is 2. The number of aryl methyl sites for hydroxylation is 1. The molecule has 4 heteroatoms. The Bertz CT molecular complexity index is 869. The average Bonchev–Trinajstić information content (AvgIpc) is 2.84. The highest BCUT2D eigenvalue weighted by Crippen LogP contribution is 2.22. The van der Waals surface area contributed by atoms with E-state index in [9.17, 15) is 4.79 Å². The second kappa shape index (κ2) is 5.74. The van der Waals surface area contributed by atoms with Crippen LogP contribution in [-0.2, 0) is 11.2 Å². The van der Waals surface area contributed by atoms with Gasteiger partial charge in [-0.2, -0.15) is 5.26 Å². The van der Waals surface area contributed by atoms with E-state index < -0.39 is 0 Å². The highest BCUT2D eigenvalue weighted by atomic mass is 16.1. The lowest BCUT2D eigenvalue weighted by molar-refractivity contribution is -0.115. The zero-order valence-corrected chi connectivity index (χ0v) is 12.2. The Hall–Kier alpha value is -3.06. The molecule has 4 nitrogen and oxygen atoms in total. The van der Waals surface area contributed by atoms with Crippen LogP contribution in [0.25, 0.3) is 10.9 Å². The fourth-order valence-corrected chi connectivity index (χ4v) is 2.56. The second-order valence-corrected chi connectivity index (χ2v) is 5.19. The van der Waals surface area contributed by atoms with Crippen LogP contribution < -0.4 is 5.32 Å². The van der Waals surface area contributed by atoms with Crippen molar-refractivity contribution in [1.82, 2.24) is 4.98 Å². The lowest BCUT2D eigenvalue weighted by Gasteiger charge is -2.05. The molecule has 0 aliphatic carbocycles. The number of rotatable bonds is 3. The number of aromatic nitrogens is 1. The molecule has 0 aliphatic heterocycles. The summed E-state index contributed by atoms with van der Waals surface area (Å²) in [5.41, 5.74) is 4.34. The maximum atomic E-state index is 12.2. The smallest absolute Gasteiger partial charge is 0.228 e. The molecule has 0 unspecified atom stereocenters. The van der Waals surface area contributed by atoms with E-state index in [1.165, 1.54) is 0 Å². The van der Waals surface area contributed by atoms with Crippen molar-refractivity contribution in [3.8, 4) is 6.07 Å². The Morgan fingerprint density at radius 3 is 2.64 bits per heavy atom. The van der Waals surface area contributed by atoms with Crippen molar-refractivity contribution in [2.45, 2.75) is 13.3 Å². The van der Waals surface area contributed by atoms with Gasteiger partial charge in [0.15, 0.2) is 0 Å². The summed E-state index contributed by atoms with van der Waals surface area (Å²) in [5, 5.41) is 12.7. The number of H-pyrrole nitrogens is 1. The second-order valence-electron chi connectivity index (χ2n) is 5.19. The Labute approximate surface area is 128 Å². The molecular formula is C18H15N3O. The molecule has 0 saturated heterocycles. The topological polar surface area (TPSA) is 68.7 Å². The fourth-order valence-electron chi connectivity index (χ4n) is 2.56. The molecular weight excluding hydrogens is 274 g/mol. The van der Waals surface area contributed by atoms with Crippen molar-refractivity contribution in [2.24, 2.45) is 0 Å². The normalized spacial score (nSPS) is 10.4. The van der Waals surface area contributed by atoms with Gasteiger partial charge in [-0.25, -0.2) is 0 Å². The van der Waals surface area contributed by atoms with Crippen molar-refractivity contribution < 1.29 is 4.79 Å². The molecule has 1 heterocycles. The molecule has 0 aliphatic rings. The monoisotopic (exact) mass is 289 g/mol. The number of nitrogens with zero attached hydrogens (tertiary/aromatic N) is 1. The van der Waals surface area contributed by atoms with Crippen LogP contribution in [0.2, 0.25) is 0 Å². The number of aromatic amines is 1. The maximum Gasteiger partial charge on any atom is 0.228 e. The van der Waals surface area contributed by atoms with E-state index in [-0.39, 0.29) is 5.91 Å². The Morgan fingerprint density at radius 1 is 1.18 bits per heavy atom. The molecule has 1 aromatic heterocycles. The summed E-state index contributed by atoms with van der Waals surface area (Å²) in [6, 6.07) is 16.9. The van der Waals surface area contributed by atoms with Crippen LogP contribution in [-0.4, -0.2) is 10.9 Å². The first-order valence-electron chi connectivity index (χ1n) is 7.03. The molecule has 0 bridgehead atoms. The first-order chi connectivity index (χ1) is 10.7. The molecule has 22 heavy (non-hydrogen) atoms. The minimum Gasteiger partial charge on any atom is -0.358 e. The summed E-state index contributed by atoms with van der Waals surface area (Å²) in [5.74, 6) is -0.0717. The zero-order valence-electron chi connectivity index (χ0n) is 12.2. The third-order valence-corrected chi connectivity index (χ3v) is 3.66. The number of benzene rings is 2. The highest BCUT2D eigenvalue weighted by Gasteiger charge is 2.12. The molecule has 0 atom stereocenters. The van der Waals surface area contributed by atoms with E-state index in [2.05, 4.69) is 16.4 Å². The van der Waals surface area contributed by atoms with Gasteiger partial charge in [0.25, 0.3) is 0 Å². The summed E-state index contributed by atoms with van der Waals surface area (Å²) in [6.07, 6.45) is 0.315. The average molecular weight is 289 g/mol. The molecule has 0 spiro atoms. The Balaban J connectivity index is 1.78. The van der Waals surface area contributed by atoms with Gasteiger partial charge in [-0.05, 0) is 42.8 Å². The number of nitriles is 1. The summed E-state index contributed by atoms with van der Waals surface area (Å²) in [6.45, 7) is 1.98. The molecule has 0 saturated carbocycles. The van der Waals surface area contributed by atoms with E-state index in [0.29, 0.717) is 17.7 Å². The lowest BCUT2D eigenvalue weighted by Crippen LogP contribution is -2.14. The summed E-state index contributed by atoms with van der Waals surface area (Å²) in [7, 11) is 0. The largest absolute Gasteiger partial charge is 0.358 e. The molecule has 108 valence electrons. The number of amides is 1. The van der Waals surface area contributed by atoms with Gasteiger partial charge in [-0.15, -0.1) is 0 Å². The Kier molecular flexibility index (Phi) is 3.63. The van der Waals surface area contributed by atoms with Crippen molar-refractivity contribution in [3.63, 3.8) is 0 Å².